The van der Waals surface area contributed by atoms with Crippen LogP contribution in [0.5, 0.6) is 0 Å². The second-order valence-corrected chi connectivity index (χ2v) is 18.7. The monoisotopic (exact) mass is 891 g/mol. The largest absolute Gasteiger partial charge is 0.455 e. The Morgan fingerprint density at radius 3 is 1.61 bits per heavy atom. The number of nitrogens with zero attached hydrogens (tertiary/aromatic N) is 1. The molecule has 0 radical (unpaired) electrons. The fourth-order valence-electron chi connectivity index (χ4n) is 11.9. The average Bonchev–Trinajstić information content (AvgIpc) is 4.10. The molecule has 0 bridgehead atoms. The van der Waals surface area contributed by atoms with Crippen LogP contribution in [0.3, 0.4) is 0 Å². The molecule has 2 nitrogen and oxygen atoms in total. The Balaban J connectivity index is 0.910. The molecule has 0 amide bonds. The van der Waals surface area contributed by atoms with Crippen molar-refractivity contribution in [1.82, 2.24) is 0 Å². The van der Waals surface area contributed by atoms with Gasteiger partial charge >= 0.3 is 0 Å². The lowest BCUT2D eigenvalue weighted by atomic mass is 9.67. The number of hydrogen-bond acceptors (Lipinski definition) is 2. The van der Waals surface area contributed by atoms with Crippen LogP contribution in [0.4, 0.5) is 17.1 Å². The van der Waals surface area contributed by atoms with Crippen molar-refractivity contribution >= 4 is 39.0 Å². The van der Waals surface area contributed by atoms with Crippen LogP contribution in [-0.2, 0) is 11.8 Å². The van der Waals surface area contributed by atoms with Crippen molar-refractivity contribution in [2.24, 2.45) is 0 Å². The number of hydrogen-bond donors (Lipinski definition) is 0. The van der Waals surface area contributed by atoms with Crippen molar-refractivity contribution in [2.45, 2.75) is 11.8 Å². The van der Waals surface area contributed by atoms with Gasteiger partial charge in [0.15, 0.2) is 0 Å². The molecule has 0 atom stereocenters. The zero-order chi connectivity index (χ0) is 46.2. The third-order valence-corrected chi connectivity index (χ3v) is 15.0. The van der Waals surface area contributed by atoms with Crippen molar-refractivity contribution in [1.29, 1.82) is 0 Å². The molecule has 0 aliphatic heterocycles. The minimum absolute atomic E-state index is 0.528. The molecule has 12 aromatic rings. The molecule has 0 saturated carbocycles. The lowest BCUT2D eigenvalue weighted by molar-refractivity contribution is 0.670. The van der Waals surface area contributed by atoms with Crippen molar-refractivity contribution in [3.63, 3.8) is 0 Å². The van der Waals surface area contributed by atoms with E-state index < -0.39 is 5.41 Å². The third-order valence-electron chi connectivity index (χ3n) is 15.0. The average molecular weight is 892 g/mol. The van der Waals surface area contributed by atoms with Gasteiger partial charge in [-0.05, 0) is 138 Å². The van der Waals surface area contributed by atoms with Gasteiger partial charge < -0.3 is 9.32 Å². The Morgan fingerprint density at radius 2 is 0.871 bits per heavy atom. The standard InChI is InChI=1S/C68H45NO/c1-4-16-45(17-5-1)48-34-40-62-64(44-48)68(51-19-6-2-7-20-51,52-21-8-3-9-22-52)63-28-15-25-58(66(62)63)46-30-35-53(36-31-46)69(55-39-41-57-50(43-55)42-49-18-10-11-23-56(49)57)54-37-32-47(33-38-54)59-26-14-27-61-60-24-12-13-29-65(60)70-67(59)61/h1-41,43-44H,42H2. The van der Waals surface area contributed by atoms with Crippen LogP contribution in [0.15, 0.2) is 265 Å². The Hall–Kier alpha value is -8.98. The van der Waals surface area contributed by atoms with Crippen LogP contribution in [0.1, 0.15) is 33.4 Å². The van der Waals surface area contributed by atoms with E-state index in [0.717, 1.165) is 56.5 Å². The molecular weight excluding hydrogens is 847 g/mol. The maximum absolute atomic E-state index is 6.49. The first-order valence-corrected chi connectivity index (χ1v) is 24.3. The van der Waals surface area contributed by atoms with Gasteiger partial charge in [-0.3, -0.25) is 0 Å². The molecular formula is C68H45NO. The first kappa shape index (κ1) is 40.1. The summed E-state index contributed by atoms with van der Waals surface area (Å²) in [5.41, 5.74) is 24.7. The maximum atomic E-state index is 6.49. The number of fused-ring (bicyclic) bond motifs is 9. The van der Waals surface area contributed by atoms with Gasteiger partial charge in [-0.1, -0.05) is 212 Å². The Kier molecular flexibility index (Phi) is 9.22. The van der Waals surface area contributed by atoms with Crippen LogP contribution in [0.25, 0.3) is 77.6 Å². The van der Waals surface area contributed by atoms with E-state index >= 15 is 0 Å². The van der Waals surface area contributed by atoms with Gasteiger partial charge in [-0.25, -0.2) is 0 Å². The molecule has 2 aliphatic carbocycles. The summed E-state index contributed by atoms with van der Waals surface area (Å²) in [4.78, 5) is 2.41. The molecule has 0 unspecified atom stereocenters. The van der Waals surface area contributed by atoms with Crippen LogP contribution >= 0.6 is 0 Å². The smallest absolute Gasteiger partial charge is 0.143 e. The molecule has 1 heterocycles. The summed E-state index contributed by atoms with van der Waals surface area (Å²) in [7, 11) is 0. The lowest BCUT2D eigenvalue weighted by Gasteiger charge is -2.34. The summed E-state index contributed by atoms with van der Waals surface area (Å²) in [6.45, 7) is 0. The highest BCUT2D eigenvalue weighted by molar-refractivity contribution is 6.09. The minimum atomic E-state index is -0.528. The van der Waals surface area contributed by atoms with E-state index in [-0.39, 0.29) is 0 Å². The maximum Gasteiger partial charge on any atom is 0.143 e. The number of furan rings is 1. The second-order valence-electron chi connectivity index (χ2n) is 18.7. The van der Waals surface area contributed by atoms with E-state index in [9.17, 15) is 0 Å². The minimum Gasteiger partial charge on any atom is -0.455 e. The normalized spacial score (nSPS) is 12.9. The first-order valence-electron chi connectivity index (χ1n) is 24.3. The van der Waals surface area contributed by atoms with Gasteiger partial charge in [0.2, 0.25) is 0 Å². The summed E-state index contributed by atoms with van der Waals surface area (Å²) in [5, 5.41) is 2.27. The van der Waals surface area contributed by atoms with Crippen LogP contribution in [-0.4, -0.2) is 0 Å². The third kappa shape index (κ3) is 6.20. The Labute approximate surface area is 408 Å². The molecule has 0 fully saturated rings. The van der Waals surface area contributed by atoms with E-state index in [4.69, 9.17) is 4.42 Å². The van der Waals surface area contributed by atoms with Crippen molar-refractivity contribution in [2.75, 3.05) is 4.90 Å². The van der Waals surface area contributed by atoms with Crippen molar-refractivity contribution in [3.8, 4) is 55.6 Å². The van der Waals surface area contributed by atoms with Gasteiger partial charge in [-0.2, -0.15) is 0 Å². The predicted octanol–water partition coefficient (Wildman–Crippen LogP) is 18.0. The fourth-order valence-corrected chi connectivity index (χ4v) is 11.9. The molecule has 14 rings (SSSR count). The molecule has 70 heavy (non-hydrogen) atoms. The summed E-state index contributed by atoms with van der Waals surface area (Å²) in [6.07, 6.45) is 0.924. The fraction of sp³-hybridized carbons (Fsp3) is 0.0294. The summed E-state index contributed by atoms with van der Waals surface area (Å²) in [6, 6.07) is 95.8. The Morgan fingerprint density at radius 1 is 0.329 bits per heavy atom. The zero-order valence-electron chi connectivity index (χ0n) is 38.4. The van der Waals surface area contributed by atoms with Gasteiger partial charge in [-0.15, -0.1) is 0 Å². The summed E-state index contributed by atoms with van der Waals surface area (Å²) >= 11 is 0. The quantitative estimate of drug-likeness (QED) is 0.151. The van der Waals surface area contributed by atoms with Gasteiger partial charge in [0.25, 0.3) is 0 Å². The molecule has 1 aromatic heterocycles. The van der Waals surface area contributed by atoms with Crippen LogP contribution in [0, 0.1) is 0 Å². The molecule has 0 N–H and O–H groups in total. The molecule has 2 heteroatoms. The topological polar surface area (TPSA) is 16.4 Å². The van der Waals surface area contributed by atoms with E-state index in [1.807, 2.05) is 6.07 Å². The van der Waals surface area contributed by atoms with Gasteiger partial charge in [0, 0.05) is 33.4 Å². The first-order chi connectivity index (χ1) is 34.7. The van der Waals surface area contributed by atoms with Gasteiger partial charge in [0.1, 0.15) is 11.2 Å². The van der Waals surface area contributed by atoms with Crippen LogP contribution in [0.2, 0.25) is 0 Å². The highest BCUT2D eigenvalue weighted by atomic mass is 16.3. The molecule has 0 spiro atoms. The summed E-state index contributed by atoms with van der Waals surface area (Å²) < 4.78 is 6.49. The van der Waals surface area contributed by atoms with Crippen molar-refractivity contribution in [3.05, 3.63) is 294 Å². The highest BCUT2D eigenvalue weighted by Gasteiger charge is 2.47. The number of para-hydroxylation sites is 2. The van der Waals surface area contributed by atoms with Crippen molar-refractivity contribution < 1.29 is 4.42 Å². The number of benzene rings is 11. The van der Waals surface area contributed by atoms with Crippen LogP contribution < -0.4 is 4.90 Å². The summed E-state index contributed by atoms with van der Waals surface area (Å²) in [5.74, 6) is 0. The van der Waals surface area contributed by atoms with E-state index in [1.165, 1.54) is 77.9 Å². The molecule has 2 aliphatic rings. The number of rotatable bonds is 8. The molecule has 328 valence electrons. The predicted molar refractivity (Wildman–Crippen MR) is 290 cm³/mol. The molecule has 11 aromatic carbocycles. The van der Waals surface area contributed by atoms with E-state index in [1.54, 1.807) is 0 Å². The second kappa shape index (κ2) is 16.1. The SMILES string of the molecule is c1ccc(-c2ccc3c(c2)C(c2ccccc2)(c2ccccc2)c2cccc(-c4ccc(N(c5ccc(-c6cccc7c6oc6ccccc67)cc5)c5ccc6c(c5)Cc5ccccc5-6)cc4)c2-3)cc1. The Bertz CT molecular complexity index is 3900. The van der Waals surface area contributed by atoms with Gasteiger partial charge in [0.05, 0.1) is 5.41 Å². The molecule has 0 saturated heterocycles. The zero-order valence-corrected chi connectivity index (χ0v) is 38.4. The number of anilines is 3. The van der Waals surface area contributed by atoms with E-state index in [0.29, 0.717) is 0 Å². The highest BCUT2D eigenvalue weighted by Crippen LogP contribution is 2.59. The lowest BCUT2D eigenvalue weighted by Crippen LogP contribution is -2.28. The van der Waals surface area contributed by atoms with E-state index in [2.05, 4.69) is 260 Å².